The molecular weight excluding hydrogens is 464 g/mol. The molecule has 0 radical (unpaired) electrons. The molecule has 7 heteroatoms. The largest absolute Gasteiger partial charge is 0.308 e. The monoisotopic (exact) mass is 484 g/mol. The Morgan fingerprint density at radius 1 is 1.00 bits per heavy atom. The van der Waals surface area contributed by atoms with E-state index in [1.807, 2.05) is 31.2 Å². The molecule has 1 amide bonds. The predicted octanol–water partition coefficient (Wildman–Crippen LogP) is 5.15. The SMILES string of the molecule is Cc1ccc(C(=O)N2CCCc3cc(S(=O)(=O)Nc4ccc(Br)cc4)ccc32)cc1. The predicted molar refractivity (Wildman–Crippen MR) is 123 cm³/mol. The van der Waals surface area contributed by atoms with Gasteiger partial charge in [0.2, 0.25) is 0 Å². The van der Waals surface area contributed by atoms with Crippen LogP contribution in [0.5, 0.6) is 0 Å². The van der Waals surface area contributed by atoms with Crippen molar-refractivity contribution in [2.45, 2.75) is 24.7 Å². The van der Waals surface area contributed by atoms with Gasteiger partial charge in [0.25, 0.3) is 15.9 Å². The van der Waals surface area contributed by atoms with E-state index in [1.54, 1.807) is 47.4 Å². The summed E-state index contributed by atoms with van der Waals surface area (Å²) in [6, 6.07) is 19.4. The van der Waals surface area contributed by atoms with Crippen LogP contribution >= 0.6 is 15.9 Å². The molecule has 4 rings (SSSR count). The summed E-state index contributed by atoms with van der Waals surface area (Å²) in [5.74, 6) is -0.0699. The van der Waals surface area contributed by atoms with E-state index in [-0.39, 0.29) is 10.8 Å². The summed E-state index contributed by atoms with van der Waals surface area (Å²) in [5.41, 5.74) is 3.85. The van der Waals surface area contributed by atoms with Crippen molar-refractivity contribution in [2.24, 2.45) is 0 Å². The molecule has 0 saturated carbocycles. The van der Waals surface area contributed by atoms with Crippen LogP contribution in [0.15, 0.2) is 76.1 Å². The highest BCUT2D eigenvalue weighted by Gasteiger charge is 2.25. The van der Waals surface area contributed by atoms with Crippen LogP contribution in [0.3, 0.4) is 0 Å². The van der Waals surface area contributed by atoms with Crippen LogP contribution in [-0.4, -0.2) is 20.9 Å². The minimum atomic E-state index is -3.72. The second kappa shape index (κ2) is 8.24. The first-order valence-corrected chi connectivity index (χ1v) is 11.9. The second-order valence-corrected chi connectivity index (χ2v) is 9.93. The number of benzene rings is 3. The molecule has 30 heavy (non-hydrogen) atoms. The molecule has 0 spiro atoms. The van der Waals surface area contributed by atoms with E-state index in [4.69, 9.17) is 0 Å². The summed E-state index contributed by atoms with van der Waals surface area (Å²) in [4.78, 5) is 14.9. The minimum Gasteiger partial charge on any atom is -0.308 e. The number of fused-ring (bicyclic) bond motifs is 1. The maximum absolute atomic E-state index is 13.0. The van der Waals surface area contributed by atoms with Gasteiger partial charge in [0.1, 0.15) is 0 Å². The molecule has 154 valence electrons. The zero-order valence-corrected chi connectivity index (χ0v) is 18.8. The average molecular weight is 485 g/mol. The van der Waals surface area contributed by atoms with Gasteiger partial charge in [0.05, 0.1) is 4.90 Å². The topological polar surface area (TPSA) is 66.5 Å². The summed E-state index contributed by atoms with van der Waals surface area (Å²) >= 11 is 3.34. The Hall–Kier alpha value is -2.64. The number of aryl methyl sites for hydroxylation is 2. The van der Waals surface area contributed by atoms with E-state index in [1.165, 1.54) is 0 Å². The van der Waals surface area contributed by atoms with Gasteiger partial charge in [0.15, 0.2) is 0 Å². The zero-order valence-electron chi connectivity index (χ0n) is 16.4. The molecule has 1 aliphatic rings. The molecule has 1 heterocycles. The third kappa shape index (κ3) is 4.27. The lowest BCUT2D eigenvalue weighted by Gasteiger charge is -2.30. The third-order valence-corrected chi connectivity index (χ3v) is 7.03. The van der Waals surface area contributed by atoms with Crippen molar-refractivity contribution in [1.29, 1.82) is 0 Å². The minimum absolute atomic E-state index is 0.0699. The van der Waals surface area contributed by atoms with E-state index in [9.17, 15) is 13.2 Å². The number of nitrogens with zero attached hydrogens (tertiary/aromatic N) is 1. The highest BCUT2D eigenvalue weighted by Crippen LogP contribution is 2.31. The normalized spacial score (nSPS) is 13.6. The zero-order chi connectivity index (χ0) is 21.3. The van der Waals surface area contributed by atoms with Crippen molar-refractivity contribution in [3.63, 3.8) is 0 Å². The Morgan fingerprint density at radius 2 is 1.70 bits per heavy atom. The molecular formula is C23H21BrN2O3S. The number of nitrogens with one attached hydrogen (secondary N) is 1. The summed E-state index contributed by atoms with van der Waals surface area (Å²) in [7, 11) is -3.72. The van der Waals surface area contributed by atoms with E-state index >= 15 is 0 Å². The molecule has 0 bridgehead atoms. The van der Waals surface area contributed by atoms with Crippen LogP contribution in [-0.2, 0) is 16.4 Å². The molecule has 0 aliphatic carbocycles. The number of anilines is 2. The first-order chi connectivity index (χ1) is 14.3. The van der Waals surface area contributed by atoms with Gasteiger partial charge in [-0.15, -0.1) is 0 Å². The number of amides is 1. The van der Waals surface area contributed by atoms with E-state index < -0.39 is 10.0 Å². The highest BCUT2D eigenvalue weighted by molar-refractivity contribution is 9.10. The molecule has 0 aromatic heterocycles. The van der Waals surface area contributed by atoms with Gasteiger partial charge in [-0.05, 0) is 79.9 Å². The van der Waals surface area contributed by atoms with Crippen molar-refractivity contribution in [1.82, 2.24) is 0 Å². The van der Waals surface area contributed by atoms with Gasteiger partial charge >= 0.3 is 0 Å². The van der Waals surface area contributed by atoms with Crippen LogP contribution < -0.4 is 9.62 Å². The Kier molecular flexibility index (Phi) is 5.66. The van der Waals surface area contributed by atoms with E-state index in [0.29, 0.717) is 17.8 Å². The summed E-state index contributed by atoms with van der Waals surface area (Å²) in [5, 5.41) is 0. The van der Waals surface area contributed by atoms with Crippen LogP contribution in [0.25, 0.3) is 0 Å². The number of hydrogen-bond acceptors (Lipinski definition) is 3. The van der Waals surface area contributed by atoms with Gasteiger partial charge in [-0.3, -0.25) is 9.52 Å². The van der Waals surface area contributed by atoms with Crippen LogP contribution in [0.2, 0.25) is 0 Å². The molecule has 0 atom stereocenters. The lowest BCUT2D eigenvalue weighted by atomic mass is 10.0. The summed E-state index contributed by atoms with van der Waals surface area (Å²) in [6.45, 7) is 2.59. The number of hydrogen-bond donors (Lipinski definition) is 1. The van der Waals surface area contributed by atoms with Crippen molar-refractivity contribution in [2.75, 3.05) is 16.2 Å². The molecule has 0 fully saturated rings. The van der Waals surface area contributed by atoms with Gasteiger partial charge in [-0.1, -0.05) is 33.6 Å². The number of carbonyl (C=O) groups is 1. The van der Waals surface area contributed by atoms with Gasteiger partial charge in [0, 0.05) is 28.0 Å². The summed E-state index contributed by atoms with van der Waals surface area (Å²) in [6.07, 6.45) is 1.52. The van der Waals surface area contributed by atoms with Crippen molar-refractivity contribution in [3.8, 4) is 0 Å². The fraction of sp³-hybridized carbons (Fsp3) is 0.174. The maximum atomic E-state index is 13.0. The molecule has 3 aromatic carbocycles. The van der Waals surface area contributed by atoms with Crippen molar-refractivity contribution in [3.05, 3.63) is 87.9 Å². The standard InChI is InChI=1S/C23H21BrN2O3S/c1-16-4-6-17(7-5-16)23(27)26-14-2-3-18-15-21(12-13-22(18)26)30(28,29)25-20-10-8-19(24)9-11-20/h4-13,15,25H,2-3,14H2,1H3. The molecule has 1 N–H and O–H groups in total. The molecule has 5 nitrogen and oxygen atoms in total. The Labute approximate surface area is 184 Å². The Morgan fingerprint density at radius 3 is 2.40 bits per heavy atom. The summed E-state index contributed by atoms with van der Waals surface area (Å²) < 4.78 is 29.2. The van der Waals surface area contributed by atoms with Crippen LogP contribution in [0.1, 0.15) is 27.9 Å². The first kappa shape index (κ1) is 20.6. The van der Waals surface area contributed by atoms with Crippen molar-refractivity contribution >= 4 is 43.2 Å². The maximum Gasteiger partial charge on any atom is 0.261 e. The number of sulfonamides is 1. The van der Waals surface area contributed by atoms with Gasteiger partial charge in [-0.25, -0.2) is 8.42 Å². The molecule has 1 aliphatic heterocycles. The van der Waals surface area contributed by atoms with Crippen LogP contribution in [0.4, 0.5) is 11.4 Å². The van der Waals surface area contributed by atoms with Gasteiger partial charge < -0.3 is 4.90 Å². The first-order valence-electron chi connectivity index (χ1n) is 9.63. The van der Waals surface area contributed by atoms with E-state index in [2.05, 4.69) is 20.7 Å². The molecule has 3 aromatic rings. The average Bonchev–Trinajstić information content (AvgIpc) is 2.74. The highest BCUT2D eigenvalue weighted by atomic mass is 79.9. The smallest absolute Gasteiger partial charge is 0.261 e. The third-order valence-electron chi connectivity index (χ3n) is 5.12. The van der Waals surface area contributed by atoms with Crippen LogP contribution in [0, 0.1) is 6.92 Å². The lowest BCUT2D eigenvalue weighted by Crippen LogP contribution is -2.35. The number of halogens is 1. The lowest BCUT2D eigenvalue weighted by molar-refractivity contribution is 0.0985. The second-order valence-electron chi connectivity index (χ2n) is 7.33. The number of carbonyl (C=O) groups excluding carboxylic acids is 1. The molecule has 0 saturated heterocycles. The Balaban J connectivity index is 1.62. The van der Waals surface area contributed by atoms with E-state index in [0.717, 1.165) is 34.1 Å². The number of rotatable bonds is 4. The Bertz CT molecular complexity index is 1190. The fourth-order valence-electron chi connectivity index (χ4n) is 3.54. The quantitative estimate of drug-likeness (QED) is 0.556. The molecule has 0 unspecified atom stereocenters. The fourth-order valence-corrected chi connectivity index (χ4v) is 4.91. The van der Waals surface area contributed by atoms with Crippen molar-refractivity contribution < 1.29 is 13.2 Å². The van der Waals surface area contributed by atoms with Gasteiger partial charge in [-0.2, -0.15) is 0 Å².